The van der Waals surface area contributed by atoms with Crippen LogP contribution in [-0.2, 0) is 11.3 Å². The fourth-order valence-corrected chi connectivity index (χ4v) is 4.47. The number of likely N-dealkylation sites (tertiary alicyclic amines) is 1. The van der Waals surface area contributed by atoms with Gasteiger partial charge in [0.1, 0.15) is 0 Å². The first-order chi connectivity index (χ1) is 14.3. The third-order valence-electron chi connectivity index (χ3n) is 6.24. The average Bonchev–Trinajstić information content (AvgIpc) is 3.51. The molecule has 1 saturated carbocycles. The molecular weight excluding hydrogens is 364 g/mol. The summed E-state index contributed by atoms with van der Waals surface area (Å²) in [5.74, 6) is 2.45. The van der Waals surface area contributed by atoms with Crippen molar-refractivity contribution in [3.05, 3.63) is 53.6 Å². The van der Waals surface area contributed by atoms with E-state index in [1.54, 1.807) is 0 Å². The molecule has 29 heavy (non-hydrogen) atoms. The first-order valence-electron chi connectivity index (χ1n) is 10.8. The molecule has 5 nitrogen and oxygen atoms in total. The van der Waals surface area contributed by atoms with E-state index in [0.29, 0.717) is 6.54 Å². The average molecular weight is 392 g/mol. The summed E-state index contributed by atoms with van der Waals surface area (Å²) in [6.45, 7) is 1.89. The zero-order valence-corrected chi connectivity index (χ0v) is 16.7. The molecule has 0 bridgehead atoms. The minimum absolute atomic E-state index is 0.0933. The van der Waals surface area contributed by atoms with Crippen LogP contribution in [0.5, 0.6) is 11.5 Å². The highest BCUT2D eigenvalue weighted by Gasteiger charge is 2.29. The van der Waals surface area contributed by atoms with Crippen molar-refractivity contribution in [2.45, 2.75) is 57.0 Å². The molecule has 1 atom stereocenters. The van der Waals surface area contributed by atoms with E-state index in [1.807, 2.05) is 24.3 Å². The Bertz CT molecular complexity index is 876. The van der Waals surface area contributed by atoms with Gasteiger partial charge in [0, 0.05) is 17.8 Å². The van der Waals surface area contributed by atoms with Gasteiger partial charge in [-0.3, -0.25) is 9.69 Å². The second-order valence-electron chi connectivity index (χ2n) is 8.37. The summed E-state index contributed by atoms with van der Waals surface area (Å²) in [6.07, 6.45) is 6.84. The standard InChI is InChI=1S/C24H28N2O3/c27-24(25-20-12-10-18(11-13-20)17-8-9-17)21-6-2-1-3-14-26(21)15-19-5-4-7-22-23(19)29-16-28-22/h4-5,7,10-13,17,21H,1-3,6,8-9,14-16H2,(H,25,27)/t21-/m0/s1. The number of nitrogens with one attached hydrogen (secondary N) is 1. The molecule has 2 aliphatic heterocycles. The number of ether oxygens (including phenoxy) is 2. The summed E-state index contributed by atoms with van der Waals surface area (Å²) < 4.78 is 11.2. The Morgan fingerprint density at radius 3 is 2.69 bits per heavy atom. The second kappa shape index (κ2) is 8.07. The molecule has 2 fully saturated rings. The van der Waals surface area contributed by atoms with Crippen molar-refractivity contribution >= 4 is 11.6 Å². The maximum absolute atomic E-state index is 13.2. The van der Waals surface area contributed by atoms with Gasteiger partial charge >= 0.3 is 0 Å². The van der Waals surface area contributed by atoms with Crippen molar-refractivity contribution < 1.29 is 14.3 Å². The van der Waals surface area contributed by atoms with Crippen LogP contribution in [0.3, 0.4) is 0 Å². The van der Waals surface area contributed by atoms with Gasteiger partial charge in [-0.05, 0) is 61.9 Å². The molecule has 0 unspecified atom stereocenters. The van der Waals surface area contributed by atoms with Gasteiger partial charge < -0.3 is 14.8 Å². The number of amides is 1. The van der Waals surface area contributed by atoms with Crippen LogP contribution in [0, 0.1) is 0 Å². The molecule has 5 heteroatoms. The molecule has 0 spiro atoms. The number of benzene rings is 2. The Balaban J connectivity index is 1.31. The Labute approximate surface area is 172 Å². The largest absolute Gasteiger partial charge is 0.454 e. The van der Waals surface area contributed by atoms with E-state index < -0.39 is 0 Å². The number of nitrogens with zero attached hydrogens (tertiary/aromatic N) is 1. The lowest BCUT2D eigenvalue weighted by atomic mass is 10.1. The number of hydrogen-bond donors (Lipinski definition) is 1. The lowest BCUT2D eigenvalue weighted by Crippen LogP contribution is -2.43. The molecule has 1 saturated heterocycles. The molecule has 0 aromatic heterocycles. The lowest BCUT2D eigenvalue weighted by molar-refractivity contribution is -0.121. The number of hydrogen-bond acceptors (Lipinski definition) is 4. The van der Waals surface area contributed by atoms with Crippen LogP contribution in [0.1, 0.15) is 55.6 Å². The molecule has 3 aliphatic rings. The minimum Gasteiger partial charge on any atom is -0.454 e. The van der Waals surface area contributed by atoms with E-state index >= 15 is 0 Å². The second-order valence-corrected chi connectivity index (χ2v) is 8.37. The van der Waals surface area contributed by atoms with Crippen LogP contribution in [0.2, 0.25) is 0 Å². The highest BCUT2D eigenvalue weighted by molar-refractivity contribution is 5.94. The van der Waals surface area contributed by atoms with Gasteiger partial charge in [-0.1, -0.05) is 37.1 Å². The third kappa shape index (κ3) is 4.10. The van der Waals surface area contributed by atoms with Gasteiger partial charge in [-0.25, -0.2) is 0 Å². The van der Waals surface area contributed by atoms with Crippen LogP contribution >= 0.6 is 0 Å². The Kier molecular flexibility index (Phi) is 5.15. The van der Waals surface area contributed by atoms with E-state index in [-0.39, 0.29) is 18.7 Å². The maximum Gasteiger partial charge on any atom is 0.241 e. The topological polar surface area (TPSA) is 50.8 Å². The van der Waals surface area contributed by atoms with E-state index in [0.717, 1.165) is 54.5 Å². The predicted octanol–water partition coefficient (Wildman–Crippen LogP) is 4.68. The van der Waals surface area contributed by atoms with Gasteiger partial charge in [0.05, 0.1) is 6.04 Å². The zero-order valence-electron chi connectivity index (χ0n) is 16.7. The first-order valence-corrected chi connectivity index (χ1v) is 10.8. The fraction of sp³-hybridized carbons (Fsp3) is 0.458. The van der Waals surface area contributed by atoms with Gasteiger partial charge in [0.25, 0.3) is 0 Å². The van der Waals surface area contributed by atoms with Gasteiger partial charge in [-0.15, -0.1) is 0 Å². The highest BCUT2D eigenvalue weighted by Crippen LogP contribution is 2.40. The number of rotatable bonds is 5. The summed E-state index contributed by atoms with van der Waals surface area (Å²) in [4.78, 5) is 15.5. The smallest absolute Gasteiger partial charge is 0.241 e. The van der Waals surface area contributed by atoms with Gasteiger partial charge in [-0.2, -0.15) is 0 Å². The van der Waals surface area contributed by atoms with E-state index in [4.69, 9.17) is 9.47 Å². The predicted molar refractivity (Wildman–Crippen MR) is 112 cm³/mol. The molecule has 2 aromatic carbocycles. The van der Waals surface area contributed by atoms with Crippen molar-refractivity contribution in [2.24, 2.45) is 0 Å². The van der Waals surface area contributed by atoms with Crippen molar-refractivity contribution in [2.75, 3.05) is 18.7 Å². The monoisotopic (exact) mass is 392 g/mol. The first kappa shape index (κ1) is 18.5. The highest BCUT2D eigenvalue weighted by atomic mass is 16.7. The summed E-state index contributed by atoms with van der Waals surface area (Å²) in [5, 5.41) is 3.16. The molecule has 2 aromatic rings. The van der Waals surface area contributed by atoms with Crippen LogP contribution in [0.4, 0.5) is 5.69 Å². The van der Waals surface area contributed by atoms with Crippen molar-refractivity contribution in [1.82, 2.24) is 4.90 Å². The van der Waals surface area contributed by atoms with Crippen LogP contribution < -0.4 is 14.8 Å². The van der Waals surface area contributed by atoms with Crippen molar-refractivity contribution in [3.8, 4) is 11.5 Å². The van der Waals surface area contributed by atoms with Crippen molar-refractivity contribution in [3.63, 3.8) is 0 Å². The molecule has 152 valence electrons. The molecule has 5 rings (SSSR count). The number of carbonyl (C=O) groups excluding carboxylic acids is 1. The molecule has 1 amide bonds. The van der Waals surface area contributed by atoms with Crippen molar-refractivity contribution in [1.29, 1.82) is 0 Å². The number of fused-ring (bicyclic) bond motifs is 1. The molecule has 1 aliphatic carbocycles. The summed E-state index contributed by atoms with van der Waals surface area (Å²) in [7, 11) is 0. The minimum atomic E-state index is -0.126. The zero-order chi connectivity index (χ0) is 19.6. The fourth-order valence-electron chi connectivity index (χ4n) is 4.47. The summed E-state index contributed by atoms with van der Waals surface area (Å²) >= 11 is 0. The SMILES string of the molecule is O=C(Nc1ccc(C2CC2)cc1)[C@@H]1CCCCCN1Cc1cccc2c1OCO2. The van der Waals surface area contributed by atoms with Crippen LogP contribution in [0.15, 0.2) is 42.5 Å². The third-order valence-corrected chi connectivity index (χ3v) is 6.24. The number of anilines is 1. The molecular formula is C24H28N2O3. The maximum atomic E-state index is 13.2. The number of para-hydroxylation sites is 1. The summed E-state index contributed by atoms with van der Waals surface area (Å²) in [6, 6.07) is 14.3. The molecule has 0 radical (unpaired) electrons. The molecule has 1 N–H and O–H groups in total. The van der Waals surface area contributed by atoms with E-state index in [1.165, 1.54) is 24.8 Å². The van der Waals surface area contributed by atoms with Gasteiger partial charge in [0.15, 0.2) is 11.5 Å². The quantitative estimate of drug-likeness (QED) is 0.803. The van der Waals surface area contributed by atoms with Crippen LogP contribution in [-0.4, -0.2) is 30.2 Å². The Hall–Kier alpha value is -2.53. The Morgan fingerprint density at radius 1 is 1.00 bits per heavy atom. The van der Waals surface area contributed by atoms with Gasteiger partial charge in [0.2, 0.25) is 12.7 Å². The van der Waals surface area contributed by atoms with E-state index in [9.17, 15) is 4.79 Å². The van der Waals surface area contributed by atoms with Crippen LogP contribution in [0.25, 0.3) is 0 Å². The van der Waals surface area contributed by atoms with E-state index in [2.05, 4.69) is 28.4 Å². The summed E-state index contributed by atoms with van der Waals surface area (Å²) in [5.41, 5.74) is 3.37. The Morgan fingerprint density at radius 2 is 1.86 bits per heavy atom. The lowest BCUT2D eigenvalue weighted by Gasteiger charge is -2.29. The molecule has 2 heterocycles. The normalized spacial score (nSPS) is 21.6. The number of carbonyl (C=O) groups is 1.